The first-order valence-corrected chi connectivity index (χ1v) is 8.27. The normalized spacial score (nSPS) is 11.0. The van der Waals surface area contributed by atoms with Crippen LogP contribution in [0.25, 0.3) is 0 Å². The van der Waals surface area contributed by atoms with E-state index in [0.717, 1.165) is 23.5 Å². The fourth-order valence-electron chi connectivity index (χ4n) is 1.87. The van der Waals surface area contributed by atoms with E-state index in [-0.39, 0.29) is 24.0 Å². The Morgan fingerprint density at radius 3 is 2.52 bits per heavy atom. The van der Waals surface area contributed by atoms with Crippen LogP contribution in [0.4, 0.5) is 0 Å². The molecule has 1 rings (SSSR count). The average molecular weight is 500 g/mol. The van der Waals surface area contributed by atoms with Crippen molar-refractivity contribution < 1.29 is 9.47 Å². The van der Waals surface area contributed by atoms with Gasteiger partial charge in [-0.25, -0.2) is 0 Å². The lowest BCUT2D eigenvalue weighted by molar-refractivity contribution is 0.0747. The monoisotopic (exact) mass is 499 g/mol. The molecule has 0 atom stereocenters. The lowest BCUT2D eigenvalue weighted by atomic mass is 10.2. The molecule has 0 aliphatic rings. The minimum Gasteiger partial charge on any atom is -0.382 e. The van der Waals surface area contributed by atoms with Crippen molar-refractivity contribution in [1.82, 2.24) is 10.2 Å². The summed E-state index contributed by atoms with van der Waals surface area (Å²) in [5.41, 5.74) is 1.24. The van der Waals surface area contributed by atoms with E-state index in [2.05, 4.69) is 62.3 Å². The molecule has 0 heterocycles. The van der Waals surface area contributed by atoms with Crippen LogP contribution in [0.15, 0.2) is 33.7 Å². The third kappa shape index (κ3) is 10.2. The summed E-state index contributed by atoms with van der Waals surface area (Å²) in [7, 11) is 3.71. The zero-order valence-corrected chi connectivity index (χ0v) is 18.0. The standard InChI is InChI=1S/C16H26BrN3O2.HI/c1-4-18-16(19-9-10-22-12-11-21-3)20(2)13-14-5-7-15(17)8-6-14;/h5-8H,4,9-13H2,1-3H3,(H,18,19);1H. The van der Waals surface area contributed by atoms with Gasteiger partial charge in [-0.2, -0.15) is 0 Å². The highest BCUT2D eigenvalue weighted by Crippen LogP contribution is 2.11. The number of nitrogens with one attached hydrogen (secondary N) is 1. The molecule has 0 unspecified atom stereocenters. The van der Waals surface area contributed by atoms with Gasteiger partial charge in [0.2, 0.25) is 0 Å². The Morgan fingerprint density at radius 2 is 1.91 bits per heavy atom. The van der Waals surface area contributed by atoms with Crippen LogP contribution in [-0.4, -0.2) is 57.9 Å². The van der Waals surface area contributed by atoms with Gasteiger partial charge in [-0.3, -0.25) is 4.99 Å². The molecule has 132 valence electrons. The minimum absolute atomic E-state index is 0. The van der Waals surface area contributed by atoms with Gasteiger partial charge in [0, 0.05) is 31.7 Å². The summed E-state index contributed by atoms with van der Waals surface area (Å²) in [6.07, 6.45) is 0. The summed E-state index contributed by atoms with van der Waals surface area (Å²) in [6.45, 7) is 6.18. The Hall–Kier alpha value is -0.380. The van der Waals surface area contributed by atoms with Crippen molar-refractivity contribution in [3.05, 3.63) is 34.3 Å². The third-order valence-corrected chi connectivity index (χ3v) is 3.49. The van der Waals surface area contributed by atoms with Crippen LogP contribution in [0.5, 0.6) is 0 Å². The van der Waals surface area contributed by atoms with Crippen LogP contribution in [0, 0.1) is 0 Å². The molecule has 0 aromatic heterocycles. The zero-order valence-electron chi connectivity index (χ0n) is 14.0. The molecule has 0 bridgehead atoms. The SMILES string of the molecule is CCNC(=NCCOCCOC)N(C)Cc1ccc(Br)cc1.I. The number of hydrogen-bond acceptors (Lipinski definition) is 3. The predicted octanol–water partition coefficient (Wildman–Crippen LogP) is 3.13. The molecule has 0 saturated carbocycles. The molecule has 0 saturated heterocycles. The Morgan fingerprint density at radius 1 is 1.22 bits per heavy atom. The van der Waals surface area contributed by atoms with Gasteiger partial charge in [0.05, 0.1) is 26.4 Å². The fraction of sp³-hybridized carbons (Fsp3) is 0.562. The van der Waals surface area contributed by atoms with Gasteiger partial charge in [0.25, 0.3) is 0 Å². The predicted molar refractivity (Wildman–Crippen MR) is 110 cm³/mol. The van der Waals surface area contributed by atoms with E-state index in [0.29, 0.717) is 26.4 Å². The smallest absolute Gasteiger partial charge is 0.194 e. The van der Waals surface area contributed by atoms with Crippen LogP contribution in [-0.2, 0) is 16.0 Å². The van der Waals surface area contributed by atoms with E-state index in [4.69, 9.17) is 9.47 Å². The maximum atomic E-state index is 5.43. The molecule has 23 heavy (non-hydrogen) atoms. The van der Waals surface area contributed by atoms with Crippen LogP contribution in [0.1, 0.15) is 12.5 Å². The lowest BCUT2D eigenvalue weighted by Gasteiger charge is -2.22. The molecular weight excluding hydrogens is 473 g/mol. The fourth-order valence-corrected chi connectivity index (χ4v) is 2.13. The van der Waals surface area contributed by atoms with E-state index in [1.54, 1.807) is 7.11 Å². The highest BCUT2D eigenvalue weighted by molar-refractivity contribution is 14.0. The molecule has 0 aliphatic heterocycles. The number of halogens is 2. The molecule has 0 amide bonds. The number of methoxy groups -OCH3 is 1. The number of nitrogens with zero attached hydrogens (tertiary/aromatic N) is 2. The molecule has 0 spiro atoms. The van der Waals surface area contributed by atoms with Crippen molar-refractivity contribution in [2.45, 2.75) is 13.5 Å². The number of ether oxygens (including phenoxy) is 2. The zero-order chi connectivity index (χ0) is 16.2. The number of guanidine groups is 1. The summed E-state index contributed by atoms with van der Waals surface area (Å²) < 4.78 is 11.5. The van der Waals surface area contributed by atoms with E-state index < -0.39 is 0 Å². The van der Waals surface area contributed by atoms with Gasteiger partial charge < -0.3 is 19.7 Å². The van der Waals surface area contributed by atoms with Gasteiger partial charge in [-0.15, -0.1) is 24.0 Å². The third-order valence-electron chi connectivity index (χ3n) is 2.96. The first kappa shape index (κ1) is 22.6. The summed E-state index contributed by atoms with van der Waals surface area (Å²) in [5.74, 6) is 0.890. The second kappa shape index (κ2) is 14.0. The molecule has 0 aliphatic carbocycles. The van der Waals surface area contributed by atoms with Gasteiger partial charge in [-0.05, 0) is 24.6 Å². The molecule has 1 N–H and O–H groups in total. The number of hydrogen-bond donors (Lipinski definition) is 1. The second-order valence-electron chi connectivity index (χ2n) is 4.82. The van der Waals surface area contributed by atoms with Crippen molar-refractivity contribution in [1.29, 1.82) is 0 Å². The Bertz CT molecular complexity index is 443. The van der Waals surface area contributed by atoms with E-state index in [1.807, 2.05) is 7.05 Å². The van der Waals surface area contributed by atoms with Crippen LogP contribution in [0.3, 0.4) is 0 Å². The molecule has 1 aromatic rings. The second-order valence-corrected chi connectivity index (χ2v) is 5.74. The molecule has 0 fully saturated rings. The average Bonchev–Trinajstić information content (AvgIpc) is 2.51. The summed E-state index contributed by atoms with van der Waals surface area (Å²) >= 11 is 3.45. The van der Waals surface area contributed by atoms with Crippen LogP contribution in [0.2, 0.25) is 0 Å². The minimum atomic E-state index is 0. The van der Waals surface area contributed by atoms with Crippen molar-refractivity contribution in [3.8, 4) is 0 Å². The number of rotatable bonds is 9. The van der Waals surface area contributed by atoms with Gasteiger partial charge in [0.15, 0.2) is 5.96 Å². The number of aliphatic imine (C=N–C) groups is 1. The Balaban J connectivity index is 0.00000484. The van der Waals surface area contributed by atoms with Crippen molar-refractivity contribution in [2.24, 2.45) is 4.99 Å². The van der Waals surface area contributed by atoms with E-state index >= 15 is 0 Å². The van der Waals surface area contributed by atoms with Crippen molar-refractivity contribution in [2.75, 3.05) is 47.1 Å². The van der Waals surface area contributed by atoms with E-state index in [9.17, 15) is 0 Å². The highest BCUT2D eigenvalue weighted by atomic mass is 127. The van der Waals surface area contributed by atoms with Gasteiger partial charge in [0.1, 0.15) is 0 Å². The first-order chi connectivity index (χ1) is 10.7. The quantitative estimate of drug-likeness (QED) is 0.245. The van der Waals surface area contributed by atoms with Crippen molar-refractivity contribution >= 4 is 45.9 Å². The molecule has 7 heteroatoms. The number of benzene rings is 1. The summed E-state index contributed by atoms with van der Waals surface area (Å²) in [5, 5.41) is 3.30. The lowest BCUT2D eigenvalue weighted by Crippen LogP contribution is -2.38. The summed E-state index contributed by atoms with van der Waals surface area (Å²) in [4.78, 5) is 6.69. The Kier molecular flexibility index (Phi) is 13.8. The van der Waals surface area contributed by atoms with Crippen LogP contribution >= 0.6 is 39.9 Å². The Labute approximate surface area is 165 Å². The van der Waals surface area contributed by atoms with Crippen molar-refractivity contribution in [3.63, 3.8) is 0 Å². The van der Waals surface area contributed by atoms with Gasteiger partial charge in [-0.1, -0.05) is 28.1 Å². The molecule has 0 radical (unpaired) electrons. The van der Waals surface area contributed by atoms with Gasteiger partial charge >= 0.3 is 0 Å². The van der Waals surface area contributed by atoms with E-state index in [1.165, 1.54) is 5.56 Å². The maximum absolute atomic E-state index is 5.43. The first-order valence-electron chi connectivity index (χ1n) is 7.48. The topological polar surface area (TPSA) is 46.1 Å². The molecule has 1 aromatic carbocycles. The largest absolute Gasteiger partial charge is 0.382 e. The van der Waals surface area contributed by atoms with Crippen LogP contribution < -0.4 is 5.32 Å². The summed E-state index contributed by atoms with van der Waals surface area (Å²) in [6, 6.07) is 8.32. The highest BCUT2D eigenvalue weighted by Gasteiger charge is 2.06. The molecule has 5 nitrogen and oxygen atoms in total. The molecular formula is C16H27BrIN3O2. The maximum Gasteiger partial charge on any atom is 0.194 e.